The van der Waals surface area contributed by atoms with Crippen molar-refractivity contribution in [3.63, 3.8) is 0 Å². The van der Waals surface area contributed by atoms with Gasteiger partial charge in [0, 0.05) is 37.5 Å². The monoisotopic (exact) mass is 575 g/mol. The number of pyridine rings is 1. The van der Waals surface area contributed by atoms with E-state index in [1.165, 1.54) is 38.6 Å². The van der Waals surface area contributed by atoms with Crippen molar-refractivity contribution in [3.8, 4) is 5.75 Å². The highest BCUT2D eigenvalue weighted by molar-refractivity contribution is 7.91. The van der Waals surface area contributed by atoms with E-state index in [0.29, 0.717) is 41.2 Å². The maximum atomic E-state index is 13.4. The van der Waals surface area contributed by atoms with Crippen LogP contribution in [0.5, 0.6) is 5.75 Å². The zero-order chi connectivity index (χ0) is 30.0. The lowest BCUT2D eigenvalue weighted by atomic mass is 10.0. The third-order valence-electron chi connectivity index (χ3n) is 6.12. The Labute approximate surface area is 240 Å². The maximum absolute atomic E-state index is 13.4. The quantitative estimate of drug-likeness (QED) is 0.175. The topological polar surface area (TPSA) is 115 Å². The lowest BCUT2D eigenvalue weighted by molar-refractivity contribution is -0.125. The number of hydrogen-bond acceptors (Lipinski definition) is 8. The molecule has 0 aliphatic heterocycles. The molecule has 0 saturated carbocycles. The van der Waals surface area contributed by atoms with Crippen LogP contribution in [0.1, 0.15) is 27.0 Å². The Morgan fingerprint density at radius 2 is 1.73 bits per heavy atom. The van der Waals surface area contributed by atoms with Gasteiger partial charge in [0.25, 0.3) is 0 Å². The number of sulfone groups is 1. The summed E-state index contributed by atoms with van der Waals surface area (Å²) in [5.74, 6) is -0.285. The van der Waals surface area contributed by atoms with Crippen molar-refractivity contribution in [3.05, 3.63) is 108 Å². The molecule has 0 aliphatic carbocycles. The van der Waals surface area contributed by atoms with Gasteiger partial charge < -0.3 is 19.7 Å². The van der Waals surface area contributed by atoms with E-state index >= 15 is 0 Å². The van der Waals surface area contributed by atoms with Crippen molar-refractivity contribution >= 4 is 33.5 Å². The second kappa shape index (κ2) is 14.1. The van der Waals surface area contributed by atoms with E-state index in [-0.39, 0.29) is 27.9 Å². The molecule has 41 heavy (non-hydrogen) atoms. The maximum Gasteiger partial charge on any atom is 0.339 e. The van der Waals surface area contributed by atoms with E-state index in [1.807, 2.05) is 6.07 Å². The second-order valence-corrected chi connectivity index (χ2v) is 10.8. The van der Waals surface area contributed by atoms with E-state index in [9.17, 15) is 18.0 Å². The number of nitrogens with zero attached hydrogens (tertiary/aromatic N) is 2. The van der Waals surface area contributed by atoms with Crippen LogP contribution in [0.2, 0.25) is 0 Å². The van der Waals surface area contributed by atoms with Crippen molar-refractivity contribution in [1.82, 2.24) is 9.88 Å². The van der Waals surface area contributed by atoms with Crippen molar-refractivity contribution < 1.29 is 27.5 Å². The number of carbonyl (C=O) groups is 2. The molecule has 3 aromatic rings. The number of nitrogens with one attached hydrogen (secondary N) is 1. The Hall–Kier alpha value is -4.70. The summed E-state index contributed by atoms with van der Waals surface area (Å²) in [6.07, 6.45) is 7.71. The Morgan fingerprint density at radius 1 is 1.05 bits per heavy atom. The number of ether oxygens (including phenoxy) is 2. The third-order valence-corrected chi connectivity index (χ3v) is 7.89. The van der Waals surface area contributed by atoms with Gasteiger partial charge in [-0.2, -0.15) is 0 Å². The van der Waals surface area contributed by atoms with Crippen molar-refractivity contribution in [2.45, 2.75) is 23.4 Å². The number of anilines is 1. The van der Waals surface area contributed by atoms with E-state index in [1.54, 1.807) is 60.4 Å². The number of amides is 1. The van der Waals surface area contributed by atoms with Crippen molar-refractivity contribution in [2.75, 3.05) is 32.6 Å². The van der Waals surface area contributed by atoms with Crippen LogP contribution < -0.4 is 10.1 Å². The fraction of sp³-hybridized carbons (Fsp3) is 0.194. The molecular formula is C31H33N3O6S. The molecule has 0 atom stereocenters. The third kappa shape index (κ3) is 7.49. The Bertz CT molecular complexity index is 1550. The van der Waals surface area contributed by atoms with Crippen LogP contribution in [-0.4, -0.2) is 57.5 Å². The van der Waals surface area contributed by atoms with Crippen LogP contribution in [0.4, 0.5) is 5.69 Å². The zero-order valence-electron chi connectivity index (χ0n) is 23.3. The molecule has 0 fully saturated rings. The smallest absolute Gasteiger partial charge is 0.339 e. The first-order valence-corrected chi connectivity index (χ1v) is 14.1. The molecule has 2 aromatic carbocycles. The summed E-state index contributed by atoms with van der Waals surface area (Å²) in [5.41, 5.74) is 2.42. The Balaban J connectivity index is 1.92. The molecule has 214 valence electrons. The van der Waals surface area contributed by atoms with Crippen LogP contribution in [0.3, 0.4) is 0 Å². The van der Waals surface area contributed by atoms with Crippen LogP contribution >= 0.6 is 0 Å². The average molecular weight is 576 g/mol. The summed E-state index contributed by atoms with van der Waals surface area (Å²) >= 11 is 0. The normalized spacial score (nSPS) is 11.1. The first-order chi connectivity index (χ1) is 19.7. The molecule has 0 spiro atoms. The molecule has 0 saturated heterocycles. The molecule has 1 heterocycles. The summed E-state index contributed by atoms with van der Waals surface area (Å²) in [6.45, 7) is 9.95. The molecule has 9 nitrogen and oxygen atoms in total. The minimum absolute atomic E-state index is 0.0646. The molecule has 1 amide bonds. The number of esters is 1. The fourth-order valence-corrected chi connectivity index (χ4v) is 5.51. The number of hydrogen-bond donors (Lipinski definition) is 1. The van der Waals surface area contributed by atoms with Crippen molar-refractivity contribution in [2.24, 2.45) is 0 Å². The number of aromatic nitrogens is 1. The highest BCUT2D eigenvalue weighted by atomic mass is 32.2. The number of carbonyl (C=O) groups excluding carboxylic acids is 2. The van der Waals surface area contributed by atoms with Gasteiger partial charge in [-0.05, 0) is 66.6 Å². The molecule has 0 radical (unpaired) electrons. The average Bonchev–Trinajstić information content (AvgIpc) is 2.98. The molecule has 10 heteroatoms. The SMILES string of the molecule is C=CCN(CC=C)C(=O)/C=C/c1cc(C)c(NCc2cccnc2S(=O)(=O)c2ccc(OC)cc2)c(C(=O)OC)c1. The lowest BCUT2D eigenvalue weighted by Crippen LogP contribution is -2.29. The van der Waals surface area contributed by atoms with Gasteiger partial charge in [0.05, 0.1) is 30.4 Å². The van der Waals surface area contributed by atoms with Crippen LogP contribution in [-0.2, 0) is 25.9 Å². The minimum atomic E-state index is -3.93. The summed E-state index contributed by atoms with van der Waals surface area (Å²) in [6, 6.07) is 12.8. The molecule has 1 aromatic heterocycles. The Kier molecular flexibility index (Phi) is 10.6. The second-order valence-electron chi connectivity index (χ2n) is 8.91. The van der Waals surface area contributed by atoms with Crippen molar-refractivity contribution in [1.29, 1.82) is 0 Å². The van der Waals surface area contributed by atoms with Gasteiger partial charge >= 0.3 is 5.97 Å². The zero-order valence-corrected chi connectivity index (χ0v) is 24.1. The number of aryl methyl sites for hydroxylation is 1. The summed E-state index contributed by atoms with van der Waals surface area (Å²) < 4.78 is 36.9. The molecule has 1 N–H and O–H groups in total. The van der Waals surface area contributed by atoms with E-state index < -0.39 is 15.8 Å². The van der Waals surface area contributed by atoms with E-state index in [4.69, 9.17) is 9.47 Å². The standard InChI is InChI=1S/C31H33N3O6S/c1-6-17-34(18-7-2)28(35)15-10-23-19-22(3)29(27(20-23)31(36)40-5)33-21-24-9-8-16-32-30(24)41(37,38)26-13-11-25(39-4)12-14-26/h6-16,19-20,33H,1-2,17-18,21H2,3-5H3/b15-10+. The summed E-state index contributed by atoms with van der Waals surface area (Å²) in [4.78, 5) is 31.1. The van der Waals surface area contributed by atoms with Gasteiger partial charge in [-0.1, -0.05) is 18.2 Å². The molecule has 3 rings (SSSR count). The first kappa shape index (κ1) is 30.8. The first-order valence-electron chi connectivity index (χ1n) is 12.6. The molecule has 0 aliphatic rings. The number of benzene rings is 2. The van der Waals surface area contributed by atoms with Gasteiger partial charge in [0.15, 0.2) is 5.03 Å². The number of rotatable bonds is 13. The molecular weight excluding hydrogens is 542 g/mol. The van der Waals surface area contributed by atoms with Gasteiger partial charge in [0.2, 0.25) is 15.7 Å². The fourth-order valence-electron chi connectivity index (χ4n) is 4.11. The highest BCUT2D eigenvalue weighted by Gasteiger charge is 2.24. The van der Waals surface area contributed by atoms with Gasteiger partial charge in [-0.3, -0.25) is 4.79 Å². The largest absolute Gasteiger partial charge is 0.497 e. The molecule has 0 unspecified atom stereocenters. The van der Waals surface area contributed by atoms with Crippen LogP contribution in [0, 0.1) is 6.92 Å². The summed E-state index contributed by atoms with van der Waals surface area (Å²) in [7, 11) is -1.16. The van der Waals surface area contributed by atoms with Gasteiger partial charge in [-0.15, -0.1) is 13.2 Å². The predicted molar refractivity (Wildman–Crippen MR) is 159 cm³/mol. The predicted octanol–water partition coefficient (Wildman–Crippen LogP) is 4.84. The van der Waals surface area contributed by atoms with E-state index in [2.05, 4.69) is 23.5 Å². The Morgan fingerprint density at radius 3 is 2.34 bits per heavy atom. The molecule has 0 bridgehead atoms. The van der Waals surface area contributed by atoms with E-state index in [0.717, 1.165) is 0 Å². The van der Waals surface area contributed by atoms with Gasteiger partial charge in [0.1, 0.15) is 5.75 Å². The lowest BCUT2D eigenvalue weighted by Gasteiger charge is -2.17. The minimum Gasteiger partial charge on any atom is -0.497 e. The highest BCUT2D eigenvalue weighted by Crippen LogP contribution is 2.28. The van der Waals surface area contributed by atoms with Crippen LogP contribution in [0.15, 0.2) is 96.0 Å². The number of methoxy groups -OCH3 is 2. The summed E-state index contributed by atoms with van der Waals surface area (Å²) in [5, 5.41) is 3.09. The van der Waals surface area contributed by atoms with Crippen LogP contribution in [0.25, 0.3) is 6.08 Å². The van der Waals surface area contributed by atoms with Gasteiger partial charge in [-0.25, -0.2) is 18.2 Å².